The Kier molecular flexibility index (Phi) is 4.97. The Hall–Kier alpha value is -2.53. The van der Waals surface area contributed by atoms with E-state index in [1.54, 1.807) is 5.48 Å². The number of hydrazine groups is 1. The number of aryl methyl sites for hydroxylation is 1. The minimum atomic E-state index is -0.377. The van der Waals surface area contributed by atoms with Crippen LogP contribution in [0.3, 0.4) is 0 Å². The molecule has 0 aromatic heterocycles. The third-order valence-electron chi connectivity index (χ3n) is 2.84. The second-order valence-corrected chi connectivity index (χ2v) is 4.35. The summed E-state index contributed by atoms with van der Waals surface area (Å²) in [5.74, 6) is -0.377. The van der Waals surface area contributed by atoms with Crippen LogP contribution < -0.4 is 16.3 Å². The molecular weight excluding hydrogens is 254 g/mol. The molecule has 2 aromatic carbocycles. The normalized spacial score (nSPS) is 9.85. The topological polar surface area (TPSA) is 73.4 Å². The molecule has 0 radical (unpaired) electrons. The lowest BCUT2D eigenvalue weighted by Crippen LogP contribution is -2.18. The van der Waals surface area contributed by atoms with Crippen molar-refractivity contribution >= 4 is 17.3 Å². The van der Waals surface area contributed by atoms with Crippen molar-refractivity contribution in [1.29, 1.82) is 0 Å². The van der Waals surface area contributed by atoms with Gasteiger partial charge in [-0.1, -0.05) is 30.3 Å². The number of carbonyl (C=O) groups is 1. The third-order valence-corrected chi connectivity index (χ3v) is 2.84. The number of para-hydroxylation sites is 1. The lowest BCUT2D eigenvalue weighted by Gasteiger charge is -2.10. The Morgan fingerprint density at radius 3 is 2.10 bits per heavy atom. The molecule has 20 heavy (non-hydrogen) atoms. The molecular formula is C15H17N3O2. The van der Waals surface area contributed by atoms with Gasteiger partial charge in [-0.15, -0.1) is 0 Å². The van der Waals surface area contributed by atoms with E-state index in [1.165, 1.54) is 0 Å². The molecule has 0 saturated carbocycles. The summed E-state index contributed by atoms with van der Waals surface area (Å²) < 4.78 is 0. The van der Waals surface area contributed by atoms with Crippen LogP contribution in [0.5, 0.6) is 0 Å². The zero-order valence-corrected chi connectivity index (χ0v) is 11.0. The van der Waals surface area contributed by atoms with Gasteiger partial charge in [-0.3, -0.25) is 10.0 Å². The molecule has 0 aliphatic rings. The molecule has 0 unspecified atom stereocenters. The molecule has 5 heteroatoms. The molecule has 5 nitrogen and oxygen atoms in total. The molecule has 0 fully saturated rings. The van der Waals surface area contributed by atoms with Gasteiger partial charge in [0, 0.05) is 6.42 Å². The van der Waals surface area contributed by atoms with Gasteiger partial charge in [0.25, 0.3) is 0 Å². The van der Waals surface area contributed by atoms with Crippen molar-refractivity contribution < 1.29 is 10.0 Å². The second-order valence-electron chi connectivity index (χ2n) is 4.35. The van der Waals surface area contributed by atoms with E-state index < -0.39 is 0 Å². The fourth-order valence-electron chi connectivity index (χ4n) is 1.73. The summed E-state index contributed by atoms with van der Waals surface area (Å²) in [4.78, 5) is 10.9. The first-order chi connectivity index (χ1) is 9.78. The highest BCUT2D eigenvalue weighted by molar-refractivity contribution is 5.74. The number of nitrogens with one attached hydrogen (secondary N) is 3. The van der Waals surface area contributed by atoms with Crippen molar-refractivity contribution in [3.8, 4) is 0 Å². The number of rotatable bonds is 6. The first kappa shape index (κ1) is 13.9. The van der Waals surface area contributed by atoms with Gasteiger partial charge in [0.05, 0.1) is 11.4 Å². The van der Waals surface area contributed by atoms with E-state index in [2.05, 4.69) is 10.9 Å². The smallest absolute Gasteiger partial charge is 0.243 e. The van der Waals surface area contributed by atoms with Crippen molar-refractivity contribution in [2.24, 2.45) is 0 Å². The predicted octanol–water partition coefficient (Wildman–Crippen LogP) is 2.56. The van der Waals surface area contributed by atoms with Gasteiger partial charge in [-0.25, -0.2) is 5.48 Å². The van der Waals surface area contributed by atoms with Gasteiger partial charge in [-0.05, 0) is 36.2 Å². The molecule has 0 aliphatic heterocycles. The van der Waals surface area contributed by atoms with Crippen molar-refractivity contribution in [2.75, 3.05) is 10.9 Å². The van der Waals surface area contributed by atoms with E-state index in [0.29, 0.717) is 6.42 Å². The molecule has 4 N–H and O–H groups in total. The minimum Gasteiger partial charge on any atom is -0.301 e. The van der Waals surface area contributed by atoms with Crippen LogP contribution in [0.15, 0.2) is 54.6 Å². The van der Waals surface area contributed by atoms with Crippen molar-refractivity contribution in [1.82, 2.24) is 5.48 Å². The van der Waals surface area contributed by atoms with Crippen LogP contribution in [0, 0.1) is 0 Å². The molecule has 1 amide bonds. The van der Waals surface area contributed by atoms with Gasteiger partial charge in [-0.2, -0.15) is 0 Å². The number of anilines is 2. The van der Waals surface area contributed by atoms with Crippen LogP contribution in [0.4, 0.5) is 11.4 Å². The summed E-state index contributed by atoms with van der Waals surface area (Å²) in [6.07, 6.45) is 0.865. The number of benzene rings is 2. The van der Waals surface area contributed by atoms with Gasteiger partial charge in [0.2, 0.25) is 5.91 Å². The summed E-state index contributed by atoms with van der Waals surface area (Å²) in [5.41, 5.74) is 10.8. The van der Waals surface area contributed by atoms with E-state index in [9.17, 15) is 4.79 Å². The Balaban J connectivity index is 1.84. The highest BCUT2D eigenvalue weighted by Crippen LogP contribution is 2.12. The fraction of sp³-hybridized carbons (Fsp3) is 0.133. The van der Waals surface area contributed by atoms with Gasteiger partial charge in [0.1, 0.15) is 0 Å². The number of hydrogen-bond donors (Lipinski definition) is 4. The second kappa shape index (κ2) is 7.16. The Morgan fingerprint density at radius 2 is 1.50 bits per heavy atom. The summed E-state index contributed by atoms with van der Waals surface area (Å²) in [5, 5.41) is 8.42. The summed E-state index contributed by atoms with van der Waals surface area (Å²) >= 11 is 0. The molecule has 0 saturated heterocycles. The zero-order valence-electron chi connectivity index (χ0n) is 11.0. The van der Waals surface area contributed by atoms with Crippen LogP contribution >= 0.6 is 0 Å². The van der Waals surface area contributed by atoms with Crippen LogP contribution in [0.2, 0.25) is 0 Å². The average Bonchev–Trinajstić information content (AvgIpc) is 2.52. The average molecular weight is 271 g/mol. The first-order valence-corrected chi connectivity index (χ1v) is 6.37. The standard InChI is InChI=1S/C15H17N3O2/c19-15(18-20)11-8-12-6-9-14(10-7-12)17-16-13-4-2-1-3-5-13/h1-7,9-10,16-17,20H,8,11H2,(H,18,19). The van der Waals surface area contributed by atoms with Crippen LogP contribution in [-0.4, -0.2) is 11.1 Å². The molecule has 0 atom stereocenters. The Labute approximate surface area is 117 Å². The predicted molar refractivity (Wildman–Crippen MR) is 78.4 cm³/mol. The highest BCUT2D eigenvalue weighted by atomic mass is 16.5. The van der Waals surface area contributed by atoms with Gasteiger partial charge < -0.3 is 10.9 Å². The number of carbonyl (C=O) groups excluding carboxylic acids is 1. The molecule has 104 valence electrons. The number of hydrogen-bond acceptors (Lipinski definition) is 4. The van der Waals surface area contributed by atoms with Crippen molar-refractivity contribution in [2.45, 2.75) is 12.8 Å². The van der Waals surface area contributed by atoms with Crippen molar-refractivity contribution in [3.05, 3.63) is 60.2 Å². The molecule has 2 aromatic rings. The quantitative estimate of drug-likeness (QED) is 0.481. The SMILES string of the molecule is O=C(CCc1ccc(NNc2ccccc2)cc1)NO. The molecule has 0 bridgehead atoms. The summed E-state index contributed by atoms with van der Waals surface area (Å²) in [7, 11) is 0. The lowest BCUT2D eigenvalue weighted by molar-refractivity contribution is -0.129. The molecule has 0 heterocycles. The minimum absolute atomic E-state index is 0.269. The number of amides is 1. The monoisotopic (exact) mass is 271 g/mol. The largest absolute Gasteiger partial charge is 0.301 e. The third kappa shape index (κ3) is 4.29. The van der Waals surface area contributed by atoms with Crippen LogP contribution in [0.1, 0.15) is 12.0 Å². The van der Waals surface area contributed by atoms with Crippen LogP contribution in [-0.2, 0) is 11.2 Å². The highest BCUT2D eigenvalue weighted by Gasteiger charge is 2.00. The van der Waals surface area contributed by atoms with Gasteiger partial charge >= 0.3 is 0 Å². The van der Waals surface area contributed by atoms with E-state index in [1.807, 2.05) is 54.6 Å². The maximum atomic E-state index is 10.9. The molecule has 0 spiro atoms. The Bertz CT molecular complexity index is 541. The number of hydroxylamine groups is 1. The molecule has 2 rings (SSSR count). The van der Waals surface area contributed by atoms with E-state index in [4.69, 9.17) is 5.21 Å². The van der Waals surface area contributed by atoms with Crippen LogP contribution in [0.25, 0.3) is 0 Å². The van der Waals surface area contributed by atoms with E-state index in [-0.39, 0.29) is 12.3 Å². The van der Waals surface area contributed by atoms with Crippen molar-refractivity contribution in [3.63, 3.8) is 0 Å². The maximum Gasteiger partial charge on any atom is 0.243 e. The molecule has 0 aliphatic carbocycles. The van der Waals surface area contributed by atoms with Gasteiger partial charge in [0.15, 0.2) is 0 Å². The maximum absolute atomic E-state index is 10.9. The zero-order chi connectivity index (χ0) is 14.2. The Morgan fingerprint density at radius 1 is 0.900 bits per heavy atom. The summed E-state index contributed by atoms with van der Waals surface area (Å²) in [6, 6.07) is 17.6. The van der Waals surface area contributed by atoms with E-state index >= 15 is 0 Å². The first-order valence-electron chi connectivity index (χ1n) is 6.37. The lowest BCUT2D eigenvalue weighted by atomic mass is 10.1. The van der Waals surface area contributed by atoms with E-state index in [0.717, 1.165) is 16.9 Å². The fourth-order valence-corrected chi connectivity index (χ4v) is 1.73. The summed E-state index contributed by atoms with van der Waals surface area (Å²) in [6.45, 7) is 0.